The Hall–Kier alpha value is -3.01. The first-order valence-corrected chi connectivity index (χ1v) is 15.5. The Morgan fingerprint density at radius 1 is 1.02 bits per heavy atom. The van der Waals surface area contributed by atoms with Gasteiger partial charge < -0.3 is 25.2 Å². The van der Waals surface area contributed by atoms with E-state index in [1.807, 2.05) is 0 Å². The minimum Gasteiger partial charge on any atom is -0.393 e. The van der Waals surface area contributed by atoms with Gasteiger partial charge in [0, 0.05) is 56.9 Å². The van der Waals surface area contributed by atoms with Crippen LogP contribution in [0.4, 0.5) is 17.5 Å². The Morgan fingerprint density at radius 2 is 1.68 bits per heavy atom. The third-order valence-electron chi connectivity index (χ3n) is 7.34. The number of aliphatic hydroxyl groups excluding tert-OH is 1. The summed E-state index contributed by atoms with van der Waals surface area (Å²) in [7, 11) is -3.64. The van der Waals surface area contributed by atoms with Crippen molar-refractivity contribution >= 4 is 39.1 Å². The van der Waals surface area contributed by atoms with E-state index in [-0.39, 0.29) is 22.4 Å². The first-order chi connectivity index (χ1) is 19.9. The monoisotopic (exact) mass is 587 g/mol. The van der Waals surface area contributed by atoms with Gasteiger partial charge >= 0.3 is 0 Å². The molecule has 2 aliphatic heterocycles. The van der Waals surface area contributed by atoms with Gasteiger partial charge in [0.25, 0.3) is 5.91 Å². The van der Waals surface area contributed by atoms with Crippen LogP contribution in [-0.4, -0.2) is 116 Å². The second-order valence-electron chi connectivity index (χ2n) is 10.2. The van der Waals surface area contributed by atoms with E-state index in [2.05, 4.69) is 25.5 Å². The predicted molar refractivity (Wildman–Crippen MR) is 153 cm³/mol. The van der Waals surface area contributed by atoms with Crippen molar-refractivity contribution in [2.45, 2.75) is 36.7 Å². The number of nitrogens with zero attached hydrogens (tertiary/aromatic N) is 5. The second kappa shape index (κ2) is 13.8. The molecule has 3 aliphatic rings. The van der Waals surface area contributed by atoms with Crippen molar-refractivity contribution in [2.24, 2.45) is 4.99 Å². The highest BCUT2D eigenvalue weighted by atomic mass is 32.2. The van der Waals surface area contributed by atoms with Gasteiger partial charge in [0.1, 0.15) is 5.56 Å². The number of aliphatic imine (C=N–C) groups is 1. The van der Waals surface area contributed by atoms with Crippen LogP contribution in [0.2, 0.25) is 0 Å². The van der Waals surface area contributed by atoms with E-state index >= 15 is 0 Å². The largest absolute Gasteiger partial charge is 0.393 e. The van der Waals surface area contributed by atoms with Gasteiger partial charge in [-0.15, -0.1) is 0 Å². The van der Waals surface area contributed by atoms with Gasteiger partial charge in [-0.2, -0.15) is 9.29 Å². The first-order valence-electron chi connectivity index (χ1n) is 14.0. The van der Waals surface area contributed by atoms with Crippen LogP contribution in [0.3, 0.4) is 0 Å². The van der Waals surface area contributed by atoms with Gasteiger partial charge in [0.15, 0.2) is 5.82 Å². The Morgan fingerprint density at radius 3 is 2.37 bits per heavy atom. The molecule has 2 aromatic rings. The number of sulfonamides is 1. The molecule has 0 spiro atoms. The normalized spacial score (nSPS) is 20.9. The van der Waals surface area contributed by atoms with Gasteiger partial charge in [0.05, 0.1) is 37.4 Å². The number of ether oxygens (including phenoxy) is 2. The standard InChI is InChI=1S/C27H37N7O6S/c35-22-5-1-20(2-6-22)30-25-24(19-29-27(32-25)28-9-10-33-11-15-39-16-12-33)26(36)31-21-3-7-23(8-4-21)41(37,38)34-13-17-40-18-14-34/h3-4,7-8,19,22,35H,1-2,5-6,9-18H2,(H,31,36)(H,28,29,32). The van der Waals surface area contributed by atoms with Crippen LogP contribution in [0, 0.1) is 0 Å². The average molecular weight is 588 g/mol. The number of amides is 1. The van der Waals surface area contributed by atoms with Crippen molar-refractivity contribution < 1.29 is 27.8 Å². The highest BCUT2D eigenvalue weighted by Crippen LogP contribution is 2.25. The number of anilines is 2. The summed E-state index contributed by atoms with van der Waals surface area (Å²) < 4.78 is 37.9. The first kappa shape index (κ1) is 29.5. The quantitative estimate of drug-likeness (QED) is 0.393. The lowest BCUT2D eigenvalue weighted by molar-refractivity contribution is 0.0398. The summed E-state index contributed by atoms with van der Waals surface area (Å²) in [5.41, 5.74) is 1.51. The molecular weight excluding hydrogens is 550 g/mol. The highest BCUT2D eigenvalue weighted by Gasteiger charge is 2.26. The number of hydrogen-bond acceptors (Lipinski definition) is 11. The summed E-state index contributed by atoms with van der Waals surface area (Å²) in [6.45, 7) is 6.01. The maximum absolute atomic E-state index is 13.3. The molecule has 13 nitrogen and oxygen atoms in total. The number of morpholine rings is 2. The predicted octanol–water partition coefficient (Wildman–Crippen LogP) is 1.50. The van der Waals surface area contributed by atoms with E-state index in [1.54, 1.807) is 12.1 Å². The SMILES string of the molecule is O=C(Nc1ccc(S(=O)(=O)N2CCOCC2)cc1)c1cnc(NCCN2CCOCC2)nc1N=C1CCC(O)CC1. The summed E-state index contributed by atoms with van der Waals surface area (Å²) in [4.78, 5) is 29.4. The molecule has 1 aromatic carbocycles. The minimum atomic E-state index is -3.64. The summed E-state index contributed by atoms with van der Waals surface area (Å²) in [6.07, 6.45) is 3.62. The van der Waals surface area contributed by atoms with E-state index in [0.29, 0.717) is 70.2 Å². The highest BCUT2D eigenvalue weighted by molar-refractivity contribution is 7.89. The van der Waals surface area contributed by atoms with Crippen molar-refractivity contribution in [1.29, 1.82) is 0 Å². The molecule has 0 unspecified atom stereocenters. The van der Waals surface area contributed by atoms with E-state index in [9.17, 15) is 18.3 Å². The Bertz CT molecular complexity index is 1320. The number of aliphatic hydroxyl groups is 1. The summed E-state index contributed by atoms with van der Waals surface area (Å²) in [5, 5.41) is 15.9. The molecule has 0 radical (unpaired) electrons. The molecule has 14 heteroatoms. The van der Waals surface area contributed by atoms with Gasteiger partial charge in [0.2, 0.25) is 16.0 Å². The molecule has 2 saturated heterocycles. The zero-order valence-electron chi connectivity index (χ0n) is 23.0. The molecule has 0 bridgehead atoms. The lowest BCUT2D eigenvalue weighted by Gasteiger charge is -2.26. The number of aromatic nitrogens is 2. The van der Waals surface area contributed by atoms with Crippen LogP contribution in [0.1, 0.15) is 36.0 Å². The smallest absolute Gasteiger partial charge is 0.261 e. The third kappa shape index (κ3) is 7.84. The lowest BCUT2D eigenvalue weighted by atomic mass is 9.96. The number of benzene rings is 1. The topological polar surface area (TPSA) is 159 Å². The summed E-state index contributed by atoms with van der Waals surface area (Å²) in [5.74, 6) is 0.177. The molecule has 3 N–H and O–H groups in total. The molecular formula is C27H37N7O6S. The molecule has 1 aromatic heterocycles. The summed E-state index contributed by atoms with van der Waals surface area (Å²) in [6, 6.07) is 6.07. The Balaban J connectivity index is 1.29. The van der Waals surface area contributed by atoms with Gasteiger partial charge in [-0.1, -0.05) is 0 Å². The average Bonchev–Trinajstić information content (AvgIpc) is 3.00. The molecule has 222 valence electrons. The summed E-state index contributed by atoms with van der Waals surface area (Å²) >= 11 is 0. The fourth-order valence-corrected chi connectivity index (χ4v) is 6.30. The van der Waals surface area contributed by atoms with Crippen LogP contribution in [-0.2, 0) is 19.5 Å². The zero-order valence-corrected chi connectivity index (χ0v) is 23.8. The van der Waals surface area contributed by atoms with E-state index in [1.165, 1.54) is 22.6 Å². The molecule has 3 fully saturated rings. The van der Waals surface area contributed by atoms with Crippen LogP contribution < -0.4 is 10.6 Å². The van der Waals surface area contributed by atoms with Crippen molar-refractivity contribution in [3.05, 3.63) is 36.0 Å². The van der Waals surface area contributed by atoms with Gasteiger partial charge in [-0.3, -0.25) is 9.69 Å². The number of rotatable bonds is 9. The zero-order chi connectivity index (χ0) is 28.7. The fourth-order valence-electron chi connectivity index (χ4n) is 4.90. The van der Waals surface area contributed by atoms with Crippen molar-refractivity contribution in [2.75, 3.05) is 76.3 Å². The van der Waals surface area contributed by atoms with Crippen molar-refractivity contribution in [1.82, 2.24) is 19.2 Å². The van der Waals surface area contributed by atoms with Gasteiger partial charge in [-0.25, -0.2) is 18.4 Å². The maximum Gasteiger partial charge on any atom is 0.261 e. The van der Waals surface area contributed by atoms with E-state index < -0.39 is 15.9 Å². The lowest BCUT2D eigenvalue weighted by Crippen LogP contribution is -2.40. The van der Waals surface area contributed by atoms with Crippen LogP contribution in [0.15, 0.2) is 40.4 Å². The Labute approximate surface area is 240 Å². The molecule has 1 saturated carbocycles. The maximum atomic E-state index is 13.3. The fraction of sp³-hybridized carbons (Fsp3) is 0.556. The van der Waals surface area contributed by atoms with Crippen LogP contribution in [0.5, 0.6) is 0 Å². The second-order valence-corrected chi connectivity index (χ2v) is 12.2. The van der Waals surface area contributed by atoms with Crippen LogP contribution >= 0.6 is 0 Å². The molecule has 5 rings (SSSR count). The number of carbonyl (C=O) groups is 1. The molecule has 1 aliphatic carbocycles. The minimum absolute atomic E-state index is 0.153. The molecule has 3 heterocycles. The molecule has 1 amide bonds. The third-order valence-corrected chi connectivity index (χ3v) is 9.26. The Kier molecular flexibility index (Phi) is 9.90. The van der Waals surface area contributed by atoms with Gasteiger partial charge in [-0.05, 0) is 49.9 Å². The van der Waals surface area contributed by atoms with Crippen molar-refractivity contribution in [3.8, 4) is 0 Å². The van der Waals surface area contributed by atoms with Crippen molar-refractivity contribution in [3.63, 3.8) is 0 Å². The molecule has 41 heavy (non-hydrogen) atoms. The number of carbonyl (C=O) groups excluding carboxylic acids is 1. The number of nitrogens with one attached hydrogen (secondary N) is 2. The van der Waals surface area contributed by atoms with E-state index in [0.717, 1.165) is 38.6 Å². The van der Waals surface area contributed by atoms with E-state index in [4.69, 9.17) is 14.5 Å². The number of hydrogen-bond donors (Lipinski definition) is 3. The molecule has 0 atom stereocenters. The van der Waals surface area contributed by atoms with Crippen LogP contribution in [0.25, 0.3) is 0 Å².